The van der Waals surface area contributed by atoms with Gasteiger partial charge in [0.2, 0.25) is 0 Å². The van der Waals surface area contributed by atoms with Crippen LogP contribution in [0.2, 0.25) is 0 Å². The van der Waals surface area contributed by atoms with Gasteiger partial charge in [0.15, 0.2) is 9.84 Å². The fourth-order valence-electron chi connectivity index (χ4n) is 3.49. The molecule has 2 aliphatic rings. The van der Waals surface area contributed by atoms with Crippen molar-refractivity contribution in [2.24, 2.45) is 0 Å². The van der Waals surface area contributed by atoms with E-state index in [0.29, 0.717) is 12.1 Å². The second kappa shape index (κ2) is 5.69. The molecular weight excluding hydrogens is 298 g/mol. The average Bonchev–Trinajstić information content (AvgIpc) is 2.52. The Labute approximate surface area is 132 Å². The third kappa shape index (κ3) is 2.67. The Hall–Kier alpha value is -1.36. The van der Waals surface area contributed by atoms with Crippen LogP contribution in [0.15, 0.2) is 18.2 Å². The van der Waals surface area contributed by atoms with E-state index in [0.717, 1.165) is 12.8 Å². The largest absolute Gasteiger partial charge is 0.334 e. The number of carbonyl (C=O) groups excluding carboxylic acids is 1. The summed E-state index contributed by atoms with van der Waals surface area (Å²) in [6.07, 6.45) is 4.54. The van der Waals surface area contributed by atoms with Gasteiger partial charge in [-0.1, -0.05) is 6.07 Å². The van der Waals surface area contributed by atoms with Gasteiger partial charge in [0, 0.05) is 18.2 Å². The smallest absolute Gasteiger partial charge is 0.254 e. The number of carbonyl (C=O) groups is 1. The lowest BCUT2D eigenvalue weighted by Gasteiger charge is -2.37. The average molecular weight is 321 g/mol. The Morgan fingerprint density at radius 1 is 1.14 bits per heavy atom. The van der Waals surface area contributed by atoms with E-state index in [-0.39, 0.29) is 17.7 Å². The molecule has 1 saturated heterocycles. The molecule has 3 rings (SSSR count). The van der Waals surface area contributed by atoms with Crippen LogP contribution >= 0.6 is 0 Å². The molecule has 0 N–H and O–H groups in total. The molecule has 1 aliphatic heterocycles. The molecule has 1 aromatic carbocycles. The van der Waals surface area contributed by atoms with Crippen LogP contribution in [0.4, 0.5) is 0 Å². The third-order valence-corrected chi connectivity index (χ3v) is 7.49. The Bertz CT molecular complexity index is 696. The van der Waals surface area contributed by atoms with Crippen molar-refractivity contribution >= 4 is 15.7 Å². The monoisotopic (exact) mass is 321 g/mol. The standard InChI is InChI=1S/C17H23NO3S/c1-12-13(2)22(20,21)10-9-18(12)17(19)16-8-7-14-5-3-4-6-15(14)11-16/h7-8,11-13H,3-6,9-10H2,1-2H3/t12-,13-/m1/s1. The van der Waals surface area contributed by atoms with E-state index in [1.165, 1.54) is 24.0 Å². The van der Waals surface area contributed by atoms with Crippen LogP contribution in [0.25, 0.3) is 0 Å². The number of rotatable bonds is 1. The molecule has 0 aromatic heterocycles. The molecule has 1 aliphatic carbocycles. The van der Waals surface area contributed by atoms with Gasteiger partial charge in [-0.3, -0.25) is 4.79 Å². The zero-order valence-corrected chi connectivity index (χ0v) is 14.0. The number of amides is 1. The highest BCUT2D eigenvalue weighted by atomic mass is 32.2. The lowest BCUT2D eigenvalue weighted by atomic mass is 9.90. The minimum atomic E-state index is -3.07. The van der Waals surface area contributed by atoms with E-state index >= 15 is 0 Å². The minimum Gasteiger partial charge on any atom is -0.334 e. The van der Waals surface area contributed by atoms with Crippen molar-refractivity contribution in [1.82, 2.24) is 4.90 Å². The van der Waals surface area contributed by atoms with Crippen molar-refractivity contribution in [1.29, 1.82) is 0 Å². The molecule has 1 amide bonds. The number of nitrogens with zero attached hydrogens (tertiary/aromatic N) is 1. The maximum atomic E-state index is 12.8. The molecule has 0 unspecified atom stereocenters. The number of fused-ring (bicyclic) bond motifs is 1. The molecule has 1 fully saturated rings. The fraction of sp³-hybridized carbons (Fsp3) is 0.588. The maximum absolute atomic E-state index is 12.8. The van der Waals surface area contributed by atoms with Gasteiger partial charge in [-0.2, -0.15) is 0 Å². The summed E-state index contributed by atoms with van der Waals surface area (Å²) in [6.45, 7) is 3.83. The number of aryl methyl sites for hydroxylation is 2. The van der Waals surface area contributed by atoms with E-state index in [2.05, 4.69) is 6.07 Å². The molecule has 0 spiro atoms. The van der Waals surface area contributed by atoms with Crippen LogP contribution in [0.1, 0.15) is 48.2 Å². The van der Waals surface area contributed by atoms with E-state index in [9.17, 15) is 13.2 Å². The van der Waals surface area contributed by atoms with Crippen LogP contribution in [-0.4, -0.2) is 42.8 Å². The highest BCUT2D eigenvalue weighted by Gasteiger charge is 2.38. The zero-order valence-electron chi connectivity index (χ0n) is 13.2. The molecule has 0 radical (unpaired) electrons. The first-order valence-electron chi connectivity index (χ1n) is 8.04. The molecule has 22 heavy (non-hydrogen) atoms. The molecule has 2 atom stereocenters. The summed E-state index contributed by atoms with van der Waals surface area (Å²) in [5.74, 6) is 0.0254. The van der Waals surface area contributed by atoms with Gasteiger partial charge in [-0.15, -0.1) is 0 Å². The quantitative estimate of drug-likeness (QED) is 0.797. The number of hydrogen-bond acceptors (Lipinski definition) is 3. The zero-order chi connectivity index (χ0) is 15.9. The summed E-state index contributed by atoms with van der Waals surface area (Å²) in [7, 11) is -3.07. The Balaban J connectivity index is 1.85. The van der Waals surface area contributed by atoms with Crippen LogP contribution in [-0.2, 0) is 22.7 Å². The molecule has 0 bridgehead atoms. The van der Waals surface area contributed by atoms with Crippen molar-refractivity contribution in [2.75, 3.05) is 12.3 Å². The number of hydrogen-bond donors (Lipinski definition) is 0. The van der Waals surface area contributed by atoms with E-state index in [1.54, 1.807) is 11.8 Å². The van der Waals surface area contributed by atoms with Crippen LogP contribution in [0.5, 0.6) is 0 Å². The summed E-state index contributed by atoms with van der Waals surface area (Å²) < 4.78 is 23.9. The van der Waals surface area contributed by atoms with Crippen molar-refractivity contribution in [3.05, 3.63) is 34.9 Å². The molecular formula is C17H23NO3S. The van der Waals surface area contributed by atoms with E-state index < -0.39 is 15.1 Å². The van der Waals surface area contributed by atoms with Gasteiger partial charge in [0.1, 0.15) is 0 Å². The first-order valence-corrected chi connectivity index (χ1v) is 9.76. The first kappa shape index (κ1) is 15.5. The summed E-state index contributed by atoms with van der Waals surface area (Å²) >= 11 is 0. The summed E-state index contributed by atoms with van der Waals surface area (Å²) in [5.41, 5.74) is 3.33. The van der Waals surface area contributed by atoms with Gasteiger partial charge < -0.3 is 4.90 Å². The van der Waals surface area contributed by atoms with Gasteiger partial charge in [-0.05, 0) is 62.8 Å². The molecule has 5 heteroatoms. The second-order valence-corrected chi connectivity index (χ2v) is 8.98. The van der Waals surface area contributed by atoms with Crippen molar-refractivity contribution in [2.45, 2.75) is 50.8 Å². The van der Waals surface area contributed by atoms with Crippen LogP contribution in [0, 0.1) is 0 Å². The number of sulfone groups is 1. The predicted octanol–water partition coefficient (Wildman–Crippen LogP) is 2.21. The highest BCUT2D eigenvalue weighted by molar-refractivity contribution is 7.92. The van der Waals surface area contributed by atoms with Crippen LogP contribution in [0.3, 0.4) is 0 Å². The first-order chi connectivity index (χ1) is 10.4. The minimum absolute atomic E-state index is 0.0392. The topological polar surface area (TPSA) is 54.5 Å². The molecule has 4 nitrogen and oxygen atoms in total. The van der Waals surface area contributed by atoms with Gasteiger partial charge in [0.25, 0.3) is 5.91 Å². The molecule has 1 heterocycles. The van der Waals surface area contributed by atoms with Crippen LogP contribution < -0.4 is 0 Å². The summed E-state index contributed by atoms with van der Waals surface area (Å²) in [6, 6.07) is 5.70. The van der Waals surface area contributed by atoms with Crippen molar-refractivity contribution in [3.8, 4) is 0 Å². The Morgan fingerprint density at radius 3 is 2.55 bits per heavy atom. The van der Waals surface area contributed by atoms with Gasteiger partial charge in [0.05, 0.1) is 11.0 Å². The molecule has 0 saturated carbocycles. The number of benzene rings is 1. The summed E-state index contributed by atoms with van der Waals surface area (Å²) in [4.78, 5) is 14.5. The van der Waals surface area contributed by atoms with Gasteiger partial charge in [-0.25, -0.2) is 8.42 Å². The predicted molar refractivity (Wildman–Crippen MR) is 86.8 cm³/mol. The third-order valence-electron chi connectivity index (χ3n) is 5.21. The van der Waals surface area contributed by atoms with Crippen molar-refractivity contribution < 1.29 is 13.2 Å². The van der Waals surface area contributed by atoms with E-state index in [4.69, 9.17) is 0 Å². The lowest BCUT2D eigenvalue weighted by Crippen LogP contribution is -2.54. The molecule has 120 valence electrons. The van der Waals surface area contributed by atoms with E-state index in [1.807, 2.05) is 19.1 Å². The summed E-state index contributed by atoms with van der Waals surface area (Å²) in [5, 5.41) is -0.497. The SMILES string of the molecule is C[C@@H]1[C@@H](C)S(=O)(=O)CCN1C(=O)c1ccc2c(c1)CCCC2. The lowest BCUT2D eigenvalue weighted by molar-refractivity contribution is 0.0693. The Kier molecular flexibility index (Phi) is 4.02. The van der Waals surface area contributed by atoms with Gasteiger partial charge >= 0.3 is 0 Å². The fourth-order valence-corrected chi connectivity index (χ4v) is 5.06. The van der Waals surface area contributed by atoms with Crippen molar-refractivity contribution in [3.63, 3.8) is 0 Å². The second-order valence-electron chi connectivity index (χ2n) is 6.50. The maximum Gasteiger partial charge on any atom is 0.254 e. The molecule has 1 aromatic rings. The Morgan fingerprint density at radius 2 is 1.82 bits per heavy atom. The normalized spacial score (nSPS) is 27.3. The highest BCUT2D eigenvalue weighted by Crippen LogP contribution is 2.25.